The number of hydrogen-bond donors (Lipinski definition) is 1. The molecule has 1 unspecified atom stereocenters. The topological polar surface area (TPSA) is 24.9 Å². The molecule has 0 saturated heterocycles. The van der Waals surface area contributed by atoms with E-state index in [-0.39, 0.29) is 11.9 Å². The van der Waals surface area contributed by atoms with Crippen LogP contribution < -0.4 is 5.32 Å². The molecule has 0 bridgehead atoms. The van der Waals surface area contributed by atoms with Gasteiger partial charge in [-0.25, -0.2) is 9.37 Å². The molecule has 2 aromatic rings. The molecule has 98 valence electrons. The third kappa shape index (κ3) is 2.19. The molecule has 0 amide bonds. The number of benzene rings is 1. The summed E-state index contributed by atoms with van der Waals surface area (Å²) in [5, 5.41) is 3.86. The maximum atomic E-state index is 13.7. The smallest absolute Gasteiger partial charge is 0.152 e. The van der Waals surface area contributed by atoms with Crippen LogP contribution in [0.5, 0.6) is 0 Å². The van der Waals surface area contributed by atoms with Crippen molar-refractivity contribution in [2.45, 2.75) is 25.8 Å². The van der Waals surface area contributed by atoms with E-state index < -0.39 is 0 Å². The summed E-state index contributed by atoms with van der Waals surface area (Å²) < 4.78 is 13.7. The van der Waals surface area contributed by atoms with Crippen LogP contribution in [-0.4, -0.2) is 4.98 Å². The van der Waals surface area contributed by atoms with E-state index in [1.807, 2.05) is 19.1 Å². The summed E-state index contributed by atoms with van der Waals surface area (Å²) >= 11 is 6.12. The van der Waals surface area contributed by atoms with Gasteiger partial charge in [0.1, 0.15) is 5.82 Å². The highest BCUT2D eigenvalue weighted by molar-refractivity contribution is 6.32. The van der Waals surface area contributed by atoms with Crippen molar-refractivity contribution in [1.29, 1.82) is 0 Å². The fourth-order valence-electron chi connectivity index (χ4n) is 2.63. The van der Waals surface area contributed by atoms with Crippen LogP contribution in [0.1, 0.15) is 29.2 Å². The molecule has 2 nitrogen and oxygen atoms in total. The molecule has 1 atom stereocenters. The molecule has 1 heterocycles. The Kier molecular flexibility index (Phi) is 3.15. The summed E-state index contributed by atoms with van der Waals surface area (Å²) in [6.45, 7) is 1.98. The molecule has 0 aliphatic heterocycles. The van der Waals surface area contributed by atoms with Gasteiger partial charge in [-0.1, -0.05) is 23.7 Å². The van der Waals surface area contributed by atoms with Crippen molar-refractivity contribution in [3.05, 3.63) is 58.1 Å². The van der Waals surface area contributed by atoms with Crippen molar-refractivity contribution in [3.8, 4) is 0 Å². The highest BCUT2D eigenvalue weighted by Gasteiger charge is 2.25. The summed E-state index contributed by atoms with van der Waals surface area (Å²) in [6, 6.07) is 7.26. The van der Waals surface area contributed by atoms with Gasteiger partial charge in [0.25, 0.3) is 0 Å². The van der Waals surface area contributed by atoms with Crippen molar-refractivity contribution in [2.24, 2.45) is 0 Å². The van der Waals surface area contributed by atoms with E-state index in [2.05, 4.69) is 10.3 Å². The average molecular weight is 277 g/mol. The van der Waals surface area contributed by atoms with E-state index in [0.29, 0.717) is 5.15 Å². The molecule has 19 heavy (non-hydrogen) atoms. The quantitative estimate of drug-likeness (QED) is 0.828. The number of nitrogens with zero attached hydrogens (tertiary/aromatic N) is 1. The molecule has 4 heteroatoms. The minimum Gasteiger partial charge on any atom is -0.376 e. The van der Waals surface area contributed by atoms with Gasteiger partial charge in [-0.05, 0) is 48.6 Å². The Balaban J connectivity index is 1.93. The number of halogens is 2. The first kappa shape index (κ1) is 12.4. The monoisotopic (exact) mass is 276 g/mol. The summed E-state index contributed by atoms with van der Waals surface area (Å²) in [7, 11) is 0. The van der Waals surface area contributed by atoms with Gasteiger partial charge in [0.2, 0.25) is 0 Å². The normalized spacial score (nSPS) is 17.3. The predicted molar refractivity (Wildman–Crippen MR) is 75.1 cm³/mol. The second-order valence-electron chi connectivity index (χ2n) is 4.84. The van der Waals surface area contributed by atoms with Crippen molar-refractivity contribution in [3.63, 3.8) is 0 Å². The number of pyridine rings is 1. The molecule has 1 aliphatic rings. The minimum absolute atomic E-state index is 0.103. The zero-order valence-corrected chi connectivity index (χ0v) is 11.3. The predicted octanol–water partition coefficient (Wildman–Crippen LogP) is 4.28. The van der Waals surface area contributed by atoms with Gasteiger partial charge in [-0.3, -0.25) is 0 Å². The number of fused-ring (bicyclic) bond motifs is 1. The lowest BCUT2D eigenvalue weighted by molar-refractivity contribution is 0.612. The Hall–Kier alpha value is -1.61. The summed E-state index contributed by atoms with van der Waals surface area (Å²) in [5.74, 6) is -0.115. The van der Waals surface area contributed by atoms with Gasteiger partial charge in [0, 0.05) is 6.20 Å². The molecular weight excluding hydrogens is 263 g/mol. The molecule has 1 aliphatic carbocycles. The fourth-order valence-corrected chi connectivity index (χ4v) is 2.89. The molecule has 3 rings (SSSR count). The van der Waals surface area contributed by atoms with E-state index in [4.69, 9.17) is 11.6 Å². The van der Waals surface area contributed by atoms with Crippen LogP contribution in [0.2, 0.25) is 5.15 Å². The van der Waals surface area contributed by atoms with Crippen LogP contribution in [0, 0.1) is 12.7 Å². The van der Waals surface area contributed by atoms with Gasteiger partial charge in [-0.15, -0.1) is 0 Å². The SMILES string of the molecule is Cc1ccnc(Cl)c1NC1CCc2c(F)cccc21. The summed E-state index contributed by atoms with van der Waals surface area (Å²) in [5.41, 5.74) is 3.73. The average Bonchev–Trinajstić information content (AvgIpc) is 2.79. The first-order chi connectivity index (χ1) is 9.16. The van der Waals surface area contributed by atoms with Gasteiger partial charge >= 0.3 is 0 Å². The lowest BCUT2D eigenvalue weighted by atomic mass is 10.1. The number of nitrogens with one attached hydrogen (secondary N) is 1. The van der Waals surface area contributed by atoms with Crippen LogP contribution in [0.25, 0.3) is 0 Å². The Morgan fingerprint density at radius 1 is 1.37 bits per heavy atom. The van der Waals surface area contributed by atoms with E-state index in [0.717, 1.165) is 35.2 Å². The molecule has 0 radical (unpaired) electrons. The number of aromatic nitrogens is 1. The van der Waals surface area contributed by atoms with Gasteiger partial charge in [-0.2, -0.15) is 0 Å². The van der Waals surface area contributed by atoms with Crippen LogP contribution in [0.3, 0.4) is 0 Å². The zero-order chi connectivity index (χ0) is 13.4. The molecule has 1 N–H and O–H groups in total. The summed E-state index contributed by atoms with van der Waals surface area (Å²) in [6.07, 6.45) is 3.32. The van der Waals surface area contributed by atoms with Gasteiger partial charge in [0.15, 0.2) is 5.15 Å². The van der Waals surface area contributed by atoms with Crippen molar-refractivity contribution < 1.29 is 4.39 Å². The maximum Gasteiger partial charge on any atom is 0.152 e. The number of rotatable bonds is 2. The van der Waals surface area contributed by atoms with Crippen LogP contribution in [-0.2, 0) is 6.42 Å². The van der Waals surface area contributed by atoms with Crippen molar-refractivity contribution in [1.82, 2.24) is 4.98 Å². The Bertz CT molecular complexity index is 607. The van der Waals surface area contributed by atoms with Crippen molar-refractivity contribution in [2.75, 3.05) is 5.32 Å². The maximum absolute atomic E-state index is 13.7. The first-order valence-corrected chi connectivity index (χ1v) is 6.69. The van der Waals surface area contributed by atoms with Gasteiger partial charge in [0.05, 0.1) is 11.7 Å². The highest BCUT2D eigenvalue weighted by atomic mass is 35.5. The van der Waals surface area contributed by atoms with E-state index in [1.165, 1.54) is 6.07 Å². The molecular formula is C15H14ClFN2. The third-order valence-corrected chi connectivity index (χ3v) is 3.93. The third-order valence-electron chi connectivity index (χ3n) is 3.65. The van der Waals surface area contributed by atoms with Gasteiger partial charge < -0.3 is 5.32 Å². The Morgan fingerprint density at radius 2 is 2.21 bits per heavy atom. The zero-order valence-electron chi connectivity index (χ0n) is 10.6. The highest BCUT2D eigenvalue weighted by Crippen LogP contribution is 2.37. The number of aryl methyl sites for hydroxylation is 1. The van der Waals surface area contributed by atoms with Crippen LogP contribution >= 0.6 is 11.6 Å². The first-order valence-electron chi connectivity index (χ1n) is 6.31. The lowest BCUT2D eigenvalue weighted by Crippen LogP contribution is -2.09. The molecule has 1 aromatic carbocycles. The molecule has 0 saturated carbocycles. The molecule has 0 spiro atoms. The number of anilines is 1. The van der Waals surface area contributed by atoms with E-state index in [1.54, 1.807) is 12.3 Å². The second-order valence-corrected chi connectivity index (χ2v) is 5.19. The summed E-state index contributed by atoms with van der Waals surface area (Å²) in [4.78, 5) is 4.08. The largest absolute Gasteiger partial charge is 0.376 e. The van der Waals surface area contributed by atoms with Crippen LogP contribution in [0.4, 0.5) is 10.1 Å². The lowest BCUT2D eigenvalue weighted by Gasteiger charge is -2.18. The number of hydrogen-bond acceptors (Lipinski definition) is 2. The van der Waals surface area contributed by atoms with Crippen LogP contribution in [0.15, 0.2) is 30.5 Å². The Morgan fingerprint density at radius 3 is 3.00 bits per heavy atom. The van der Waals surface area contributed by atoms with E-state index in [9.17, 15) is 4.39 Å². The van der Waals surface area contributed by atoms with Crippen molar-refractivity contribution >= 4 is 17.3 Å². The second kappa shape index (κ2) is 4.82. The minimum atomic E-state index is -0.115. The van der Waals surface area contributed by atoms with E-state index >= 15 is 0 Å². The fraction of sp³-hybridized carbons (Fsp3) is 0.267. The molecule has 0 fully saturated rings. The Labute approximate surface area is 116 Å². The standard InChI is InChI=1S/C15H14ClFN2/c1-9-7-8-18-15(16)14(9)19-13-6-5-10-11(13)3-2-4-12(10)17/h2-4,7-8,13,19H,5-6H2,1H3. The molecule has 1 aromatic heterocycles.